The Hall–Kier alpha value is -1.81. The molecule has 0 aliphatic heterocycles. The van der Waals surface area contributed by atoms with Gasteiger partial charge in [-0.05, 0) is 30.4 Å². The normalized spacial score (nSPS) is 13.0. The van der Waals surface area contributed by atoms with Crippen molar-refractivity contribution in [2.24, 2.45) is 0 Å². The second-order valence-electron chi connectivity index (χ2n) is 5.80. The maximum atomic E-state index is 6.01. The Labute approximate surface area is 135 Å². The highest BCUT2D eigenvalue weighted by Crippen LogP contribution is 2.33. The van der Waals surface area contributed by atoms with E-state index >= 15 is 0 Å². The molecule has 0 amide bonds. The number of halogens is 1. The number of nitrogens with one attached hydrogen (secondary N) is 1. The Balaban J connectivity index is 2.00. The van der Waals surface area contributed by atoms with Crippen molar-refractivity contribution < 1.29 is 0 Å². The number of alkyl halides is 1. The SMILES string of the molecule is CC(CCCCCCl)c1cccc2nc(N)c3[nH]cnc3c12. The van der Waals surface area contributed by atoms with Crippen molar-refractivity contribution in [3.05, 3.63) is 30.1 Å². The van der Waals surface area contributed by atoms with Gasteiger partial charge in [-0.25, -0.2) is 9.97 Å². The van der Waals surface area contributed by atoms with Crippen molar-refractivity contribution in [1.82, 2.24) is 15.0 Å². The molecule has 1 atom stereocenters. The Morgan fingerprint density at radius 1 is 1.27 bits per heavy atom. The smallest absolute Gasteiger partial charge is 0.150 e. The predicted molar refractivity (Wildman–Crippen MR) is 93.4 cm³/mol. The molecule has 0 aliphatic rings. The van der Waals surface area contributed by atoms with Gasteiger partial charge < -0.3 is 10.7 Å². The van der Waals surface area contributed by atoms with Gasteiger partial charge in [0.15, 0.2) is 0 Å². The van der Waals surface area contributed by atoms with E-state index in [1.165, 1.54) is 18.4 Å². The van der Waals surface area contributed by atoms with Gasteiger partial charge in [0.25, 0.3) is 0 Å². The molecule has 116 valence electrons. The number of fused-ring (bicyclic) bond motifs is 3. The third-order valence-corrected chi connectivity index (χ3v) is 4.52. The summed E-state index contributed by atoms with van der Waals surface area (Å²) in [5.41, 5.74) is 9.98. The fourth-order valence-electron chi connectivity index (χ4n) is 3.06. The van der Waals surface area contributed by atoms with Crippen molar-refractivity contribution in [3.8, 4) is 0 Å². The number of unbranched alkanes of at least 4 members (excludes halogenated alkanes) is 2. The third-order valence-electron chi connectivity index (χ3n) is 4.25. The molecule has 5 heteroatoms. The summed E-state index contributed by atoms with van der Waals surface area (Å²) in [4.78, 5) is 12.1. The van der Waals surface area contributed by atoms with Gasteiger partial charge in [-0.1, -0.05) is 31.9 Å². The molecule has 0 radical (unpaired) electrons. The molecule has 0 fully saturated rings. The monoisotopic (exact) mass is 316 g/mol. The van der Waals surface area contributed by atoms with E-state index < -0.39 is 0 Å². The summed E-state index contributed by atoms with van der Waals surface area (Å²) < 4.78 is 0. The predicted octanol–water partition coefficient (Wildman–Crippen LogP) is 4.60. The van der Waals surface area contributed by atoms with Gasteiger partial charge in [-0.2, -0.15) is 0 Å². The number of pyridine rings is 1. The highest BCUT2D eigenvalue weighted by molar-refractivity contribution is 6.17. The van der Waals surface area contributed by atoms with E-state index in [9.17, 15) is 0 Å². The molecule has 3 aromatic rings. The maximum absolute atomic E-state index is 6.01. The highest BCUT2D eigenvalue weighted by Gasteiger charge is 2.15. The number of nitrogens with zero attached hydrogens (tertiary/aromatic N) is 2. The van der Waals surface area contributed by atoms with Gasteiger partial charge in [-0.15, -0.1) is 11.6 Å². The molecule has 0 saturated carbocycles. The van der Waals surface area contributed by atoms with Crippen LogP contribution in [0.15, 0.2) is 24.5 Å². The topological polar surface area (TPSA) is 67.6 Å². The number of rotatable bonds is 6. The van der Waals surface area contributed by atoms with Crippen LogP contribution in [0.2, 0.25) is 0 Å². The Kier molecular flexibility index (Phi) is 4.48. The number of hydrogen-bond donors (Lipinski definition) is 2. The van der Waals surface area contributed by atoms with Gasteiger partial charge in [0.05, 0.1) is 11.8 Å². The Morgan fingerprint density at radius 2 is 2.14 bits per heavy atom. The number of H-pyrrole nitrogens is 1. The minimum Gasteiger partial charge on any atom is -0.382 e. The molecule has 0 saturated heterocycles. The summed E-state index contributed by atoms with van der Waals surface area (Å²) in [6, 6.07) is 6.24. The van der Waals surface area contributed by atoms with E-state index in [2.05, 4.69) is 34.0 Å². The molecule has 2 heterocycles. The minimum atomic E-state index is 0.462. The zero-order chi connectivity index (χ0) is 15.5. The van der Waals surface area contributed by atoms with Gasteiger partial charge in [-0.3, -0.25) is 0 Å². The zero-order valence-corrected chi connectivity index (χ0v) is 13.5. The van der Waals surface area contributed by atoms with E-state index in [4.69, 9.17) is 17.3 Å². The summed E-state index contributed by atoms with van der Waals surface area (Å²) >= 11 is 5.75. The van der Waals surface area contributed by atoms with Gasteiger partial charge in [0.1, 0.15) is 16.9 Å². The lowest BCUT2D eigenvalue weighted by molar-refractivity contribution is 0.602. The van der Waals surface area contributed by atoms with Crippen LogP contribution in [0, 0.1) is 0 Å². The lowest BCUT2D eigenvalue weighted by atomic mass is 9.91. The summed E-state index contributed by atoms with van der Waals surface area (Å²) in [6.45, 7) is 2.27. The molecular weight excluding hydrogens is 296 g/mol. The fraction of sp³-hybridized carbons (Fsp3) is 0.412. The van der Waals surface area contributed by atoms with Crippen LogP contribution in [-0.2, 0) is 0 Å². The maximum Gasteiger partial charge on any atom is 0.150 e. The van der Waals surface area contributed by atoms with Crippen molar-refractivity contribution in [3.63, 3.8) is 0 Å². The van der Waals surface area contributed by atoms with Crippen molar-refractivity contribution >= 4 is 39.4 Å². The highest BCUT2D eigenvalue weighted by atomic mass is 35.5. The Bertz CT molecular complexity index is 781. The number of anilines is 1. The van der Waals surface area contributed by atoms with Crippen LogP contribution in [0.5, 0.6) is 0 Å². The van der Waals surface area contributed by atoms with Gasteiger partial charge >= 0.3 is 0 Å². The molecule has 22 heavy (non-hydrogen) atoms. The number of aromatic amines is 1. The fourth-order valence-corrected chi connectivity index (χ4v) is 3.25. The van der Waals surface area contributed by atoms with Crippen molar-refractivity contribution in [2.45, 2.75) is 38.5 Å². The van der Waals surface area contributed by atoms with Crippen LogP contribution in [0.3, 0.4) is 0 Å². The van der Waals surface area contributed by atoms with E-state index in [0.717, 1.165) is 40.7 Å². The molecule has 2 aromatic heterocycles. The van der Waals surface area contributed by atoms with Crippen LogP contribution >= 0.6 is 11.6 Å². The number of nitrogens with two attached hydrogens (primary N) is 1. The van der Waals surface area contributed by atoms with Gasteiger partial charge in [0, 0.05) is 11.3 Å². The largest absolute Gasteiger partial charge is 0.382 e. The van der Waals surface area contributed by atoms with E-state index in [1.54, 1.807) is 6.33 Å². The average Bonchev–Trinajstić information content (AvgIpc) is 3.01. The van der Waals surface area contributed by atoms with Crippen molar-refractivity contribution in [2.75, 3.05) is 11.6 Å². The summed E-state index contributed by atoms with van der Waals surface area (Å²) in [5.74, 6) is 1.72. The molecular formula is C17H21ClN4. The number of imidazole rings is 1. The van der Waals surface area contributed by atoms with E-state index in [-0.39, 0.29) is 0 Å². The molecule has 0 spiro atoms. The quantitative estimate of drug-likeness (QED) is 0.516. The number of hydrogen-bond acceptors (Lipinski definition) is 3. The molecule has 0 aliphatic carbocycles. The first-order valence-corrected chi connectivity index (χ1v) is 8.33. The number of benzene rings is 1. The molecule has 1 aromatic carbocycles. The average molecular weight is 317 g/mol. The lowest BCUT2D eigenvalue weighted by Gasteiger charge is -2.15. The molecule has 4 nitrogen and oxygen atoms in total. The summed E-state index contributed by atoms with van der Waals surface area (Å²) in [5, 5.41) is 1.12. The molecule has 3 rings (SSSR count). The summed E-state index contributed by atoms with van der Waals surface area (Å²) in [7, 11) is 0. The van der Waals surface area contributed by atoms with Crippen LogP contribution in [-0.4, -0.2) is 20.8 Å². The standard InChI is InChI=1S/C17H21ClN4/c1-11(6-3-2-4-9-18)12-7-5-8-13-14(12)15-16(17(19)22-13)21-10-20-15/h5,7-8,10-11H,2-4,6,9H2,1H3,(H2,19,22)(H,20,21). The minimum absolute atomic E-state index is 0.462. The van der Waals surface area contributed by atoms with Crippen LogP contribution in [0.4, 0.5) is 5.82 Å². The van der Waals surface area contributed by atoms with E-state index in [1.807, 2.05) is 6.07 Å². The second-order valence-corrected chi connectivity index (χ2v) is 6.18. The van der Waals surface area contributed by atoms with Crippen LogP contribution in [0.25, 0.3) is 21.9 Å². The second kappa shape index (κ2) is 6.53. The summed E-state index contributed by atoms with van der Waals surface area (Å²) in [6.07, 6.45) is 6.29. The number of aromatic nitrogens is 3. The van der Waals surface area contributed by atoms with E-state index in [0.29, 0.717) is 11.7 Å². The van der Waals surface area contributed by atoms with Gasteiger partial charge in [0.2, 0.25) is 0 Å². The number of nitrogen functional groups attached to an aromatic ring is 1. The third kappa shape index (κ3) is 2.75. The Morgan fingerprint density at radius 3 is 2.95 bits per heavy atom. The molecule has 0 bridgehead atoms. The lowest BCUT2D eigenvalue weighted by Crippen LogP contribution is -1.99. The first-order chi connectivity index (χ1) is 10.7. The first kappa shape index (κ1) is 15.1. The first-order valence-electron chi connectivity index (χ1n) is 7.79. The van der Waals surface area contributed by atoms with Crippen LogP contribution in [0.1, 0.15) is 44.1 Å². The molecule has 1 unspecified atom stereocenters. The zero-order valence-electron chi connectivity index (χ0n) is 12.8. The molecule has 3 N–H and O–H groups in total. The van der Waals surface area contributed by atoms with Crippen LogP contribution < -0.4 is 5.73 Å². The van der Waals surface area contributed by atoms with Crippen molar-refractivity contribution in [1.29, 1.82) is 0 Å².